The van der Waals surface area contributed by atoms with Crippen molar-refractivity contribution in [2.45, 2.75) is 83.0 Å². The molecule has 3 heterocycles. The minimum Gasteiger partial charge on any atom is -0.481 e. The lowest BCUT2D eigenvalue weighted by molar-refractivity contribution is -0.139. The van der Waals surface area contributed by atoms with Gasteiger partial charge in [-0.25, -0.2) is 0 Å². The van der Waals surface area contributed by atoms with E-state index in [-0.39, 0.29) is 5.92 Å². The Morgan fingerprint density at radius 2 is 1.66 bits per heavy atom. The van der Waals surface area contributed by atoms with E-state index in [1.807, 2.05) is 18.2 Å². The standard InChI is InChI=1S/C35H49N7O2/c1-2-40(26-34-36-38-42(37-34)22-27-11-5-3-6-12-27)31-17-19-39(20-18-31)23-30-24-41(25-32(30)28-13-7-4-8-14-28)33-16-10-9-15-29(33)21-35(43)44/h3-8,11-14,29-33H,2,9-10,15-26H2,1H3,(H,43,44)/t29?,30-,32+,33+/m0/s1. The summed E-state index contributed by atoms with van der Waals surface area (Å²) in [6, 6.07) is 22.3. The Labute approximate surface area is 262 Å². The number of hydrogen-bond donors (Lipinski definition) is 1. The molecule has 9 heteroatoms. The van der Waals surface area contributed by atoms with Gasteiger partial charge in [0.1, 0.15) is 0 Å². The van der Waals surface area contributed by atoms with Crippen LogP contribution in [-0.2, 0) is 17.9 Å². The fourth-order valence-corrected chi connectivity index (χ4v) is 8.20. The summed E-state index contributed by atoms with van der Waals surface area (Å²) >= 11 is 0. The number of carboxylic acid groups (broad SMARTS) is 1. The number of carbonyl (C=O) groups is 1. The second kappa shape index (κ2) is 14.8. The lowest BCUT2D eigenvalue weighted by Crippen LogP contribution is -2.46. The molecule has 6 rings (SSSR count). The molecule has 2 aromatic carbocycles. The van der Waals surface area contributed by atoms with Crippen LogP contribution in [0.25, 0.3) is 0 Å². The van der Waals surface area contributed by atoms with Crippen LogP contribution >= 0.6 is 0 Å². The van der Waals surface area contributed by atoms with Gasteiger partial charge < -0.3 is 10.0 Å². The number of rotatable bonds is 12. The van der Waals surface area contributed by atoms with Crippen LogP contribution in [-0.4, -0.2) is 97.3 Å². The first-order chi connectivity index (χ1) is 21.6. The molecule has 44 heavy (non-hydrogen) atoms. The van der Waals surface area contributed by atoms with Gasteiger partial charge in [0, 0.05) is 44.1 Å². The lowest BCUT2D eigenvalue weighted by atomic mass is 9.81. The van der Waals surface area contributed by atoms with Crippen molar-refractivity contribution in [3.05, 3.63) is 77.6 Å². The highest BCUT2D eigenvalue weighted by Crippen LogP contribution is 2.40. The molecular weight excluding hydrogens is 550 g/mol. The van der Waals surface area contributed by atoms with Crippen LogP contribution in [0.15, 0.2) is 60.7 Å². The van der Waals surface area contributed by atoms with Crippen LogP contribution in [0, 0.1) is 11.8 Å². The van der Waals surface area contributed by atoms with E-state index in [0.29, 0.717) is 36.9 Å². The first kappa shape index (κ1) is 30.9. The van der Waals surface area contributed by atoms with Gasteiger partial charge in [0.2, 0.25) is 0 Å². The predicted molar refractivity (Wildman–Crippen MR) is 171 cm³/mol. The number of aliphatic carboxylic acids is 1. The van der Waals surface area contributed by atoms with Crippen molar-refractivity contribution < 1.29 is 9.90 Å². The van der Waals surface area contributed by atoms with Crippen LogP contribution in [0.5, 0.6) is 0 Å². The molecule has 3 aromatic rings. The lowest BCUT2D eigenvalue weighted by Gasteiger charge is -2.39. The van der Waals surface area contributed by atoms with Gasteiger partial charge in [-0.15, -0.1) is 10.2 Å². The number of benzene rings is 2. The molecule has 1 N–H and O–H groups in total. The number of tetrazole rings is 1. The summed E-state index contributed by atoms with van der Waals surface area (Å²) in [5.41, 5.74) is 2.61. The Balaban J connectivity index is 1.05. The van der Waals surface area contributed by atoms with Crippen LogP contribution < -0.4 is 0 Å². The molecule has 0 amide bonds. The van der Waals surface area contributed by atoms with E-state index < -0.39 is 5.97 Å². The quantitative estimate of drug-likeness (QED) is 0.319. The first-order valence-electron chi connectivity index (χ1n) is 16.8. The zero-order chi connectivity index (χ0) is 30.3. The maximum absolute atomic E-state index is 11.7. The number of piperidine rings is 1. The highest BCUT2D eigenvalue weighted by Gasteiger charge is 2.41. The molecule has 3 aliphatic rings. The SMILES string of the molecule is CCN(Cc1nnn(Cc2ccccc2)n1)C1CCN(C[C@H]2CN([C@@H]3CCCCC3CC(=O)O)C[C@@H]2c2ccccc2)CC1. The average Bonchev–Trinajstić information content (AvgIpc) is 3.68. The molecule has 236 valence electrons. The Kier molecular flexibility index (Phi) is 10.4. The van der Waals surface area contributed by atoms with Crippen molar-refractivity contribution >= 4 is 5.97 Å². The molecule has 1 aromatic heterocycles. The summed E-state index contributed by atoms with van der Waals surface area (Å²) in [6.45, 7) is 10.0. The first-order valence-corrected chi connectivity index (χ1v) is 16.8. The normalized spacial score (nSPS) is 25.5. The zero-order valence-corrected chi connectivity index (χ0v) is 26.3. The summed E-state index contributed by atoms with van der Waals surface area (Å²) < 4.78 is 0. The van der Waals surface area contributed by atoms with Gasteiger partial charge in [0.15, 0.2) is 5.82 Å². The molecule has 4 atom stereocenters. The number of hydrogen-bond acceptors (Lipinski definition) is 7. The number of carboxylic acids is 1. The maximum atomic E-state index is 11.7. The molecule has 0 bridgehead atoms. The monoisotopic (exact) mass is 599 g/mol. The molecule has 2 saturated heterocycles. The average molecular weight is 600 g/mol. The van der Waals surface area contributed by atoms with Crippen LogP contribution in [0.1, 0.15) is 74.7 Å². The second-order valence-electron chi connectivity index (χ2n) is 13.3. The van der Waals surface area contributed by atoms with E-state index in [9.17, 15) is 9.90 Å². The van der Waals surface area contributed by atoms with Gasteiger partial charge in [-0.2, -0.15) is 4.80 Å². The largest absolute Gasteiger partial charge is 0.481 e. The Hall–Kier alpha value is -3.14. The molecule has 3 fully saturated rings. The molecule has 2 aliphatic heterocycles. The van der Waals surface area contributed by atoms with Crippen molar-refractivity contribution in [2.75, 3.05) is 39.3 Å². The third-order valence-electron chi connectivity index (χ3n) is 10.4. The predicted octanol–water partition coefficient (Wildman–Crippen LogP) is 4.76. The van der Waals surface area contributed by atoms with Gasteiger partial charge in [-0.05, 0) is 73.5 Å². The van der Waals surface area contributed by atoms with Crippen molar-refractivity contribution in [2.24, 2.45) is 11.8 Å². The number of likely N-dealkylation sites (tertiary alicyclic amines) is 2. The van der Waals surface area contributed by atoms with Crippen LogP contribution in [0.3, 0.4) is 0 Å². The van der Waals surface area contributed by atoms with Crippen LogP contribution in [0.2, 0.25) is 0 Å². The van der Waals surface area contributed by atoms with E-state index in [1.54, 1.807) is 4.80 Å². The van der Waals surface area contributed by atoms with Gasteiger partial charge in [-0.3, -0.25) is 14.6 Å². The highest BCUT2D eigenvalue weighted by molar-refractivity contribution is 5.67. The fourth-order valence-electron chi connectivity index (χ4n) is 8.20. The summed E-state index contributed by atoms with van der Waals surface area (Å²) in [5, 5.41) is 23.0. The number of nitrogens with zero attached hydrogens (tertiary/aromatic N) is 7. The van der Waals surface area contributed by atoms with Crippen LogP contribution in [0.4, 0.5) is 0 Å². The smallest absolute Gasteiger partial charge is 0.303 e. The van der Waals surface area contributed by atoms with Gasteiger partial charge in [-0.1, -0.05) is 80.4 Å². The minimum absolute atomic E-state index is 0.279. The van der Waals surface area contributed by atoms with E-state index in [0.717, 1.165) is 77.3 Å². The third-order valence-corrected chi connectivity index (χ3v) is 10.4. The van der Waals surface area contributed by atoms with E-state index >= 15 is 0 Å². The summed E-state index contributed by atoms with van der Waals surface area (Å²) in [7, 11) is 0. The van der Waals surface area contributed by atoms with E-state index in [1.165, 1.54) is 24.0 Å². The Bertz CT molecular complexity index is 1310. The van der Waals surface area contributed by atoms with E-state index in [2.05, 4.69) is 79.5 Å². The van der Waals surface area contributed by atoms with Gasteiger partial charge >= 0.3 is 5.97 Å². The van der Waals surface area contributed by atoms with Crippen molar-refractivity contribution in [1.82, 2.24) is 34.9 Å². The summed E-state index contributed by atoms with van der Waals surface area (Å²) in [4.78, 5) is 21.3. The fraction of sp³-hybridized carbons (Fsp3) is 0.600. The highest BCUT2D eigenvalue weighted by atomic mass is 16.4. The Morgan fingerprint density at radius 1 is 0.932 bits per heavy atom. The summed E-state index contributed by atoms with van der Waals surface area (Å²) in [6.07, 6.45) is 7.19. The molecule has 0 spiro atoms. The molecule has 9 nitrogen and oxygen atoms in total. The topological polar surface area (TPSA) is 90.6 Å². The van der Waals surface area contributed by atoms with Gasteiger partial charge in [0.05, 0.1) is 13.1 Å². The maximum Gasteiger partial charge on any atom is 0.303 e. The second-order valence-corrected chi connectivity index (χ2v) is 13.3. The number of aromatic nitrogens is 4. The minimum atomic E-state index is -0.645. The third kappa shape index (κ3) is 7.73. The molecule has 1 saturated carbocycles. The summed E-state index contributed by atoms with van der Waals surface area (Å²) in [5.74, 6) is 1.49. The molecule has 0 radical (unpaired) electrons. The van der Waals surface area contributed by atoms with Crippen molar-refractivity contribution in [3.8, 4) is 0 Å². The van der Waals surface area contributed by atoms with Crippen molar-refractivity contribution in [3.63, 3.8) is 0 Å². The molecule has 1 unspecified atom stereocenters. The molecule has 1 aliphatic carbocycles. The van der Waals surface area contributed by atoms with E-state index in [4.69, 9.17) is 0 Å². The Morgan fingerprint density at radius 3 is 2.39 bits per heavy atom. The molecular formula is C35H49N7O2. The zero-order valence-electron chi connectivity index (χ0n) is 26.3. The van der Waals surface area contributed by atoms with Crippen molar-refractivity contribution in [1.29, 1.82) is 0 Å². The van der Waals surface area contributed by atoms with Gasteiger partial charge in [0.25, 0.3) is 0 Å².